The summed E-state index contributed by atoms with van der Waals surface area (Å²) in [5.41, 5.74) is 2.54. The van der Waals surface area contributed by atoms with Gasteiger partial charge in [0.1, 0.15) is 0 Å². The number of nitrogens with zero attached hydrogens (tertiary/aromatic N) is 1. The van der Waals surface area contributed by atoms with Crippen LogP contribution in [-0.4, -0.2) is 22.0 Å². The van der Waals surface area contributed by atoms with E-state index in [1.165, 1.54) is 11.8 Å². The number of rotatable bonds is 8. The number of nitrogens with one attached hydrogen (secondary N) is 1. The standard InChI is InChI=1S/C22H20N2O3S/c25-21(13-16-5-2-1-3-6-16)24-18-8-10-19(11-9-18)28-20(14-22(26)27)17-7-4-12-23-15-17/h1-12,15,20H,13-14H2,(H,24,25)(H,26,27). The first-order valence-electron chi connectivity index (χ1n) is 8.82. The Kier molecular flexibility index (Phi) is 6.81. The number of carbonyl (C=O) groups excluding carboxylic acids is 1. The summed E-state index contributed by atoms with van der Waals surface area (Å²) in [6, 6.07) is 20.7. The number of aromatic nitrogens is 1. The zero-order valence-corrected chi connectivity index (χ0v) is 15.9. The minimum Gasteiger partial charge on any atom is -0.481 e. The first-order valence-corrected chi connectivity index (χ1v) is 9.70. The molecular weight excluding hydrogens is 372 g/mol. The number of thioether (sulfide) groups is 1. The fourth-order valence-corrected chi connectivity index (χ4v) is 3.84. The fraction of sp³-hybridized carbons (Fsp3) is 0.136. The molecule has 0 radical (unpaired) electrons. The van der Waals surface area contributed by atoms with Gasteiger partial charge in [0, 0.05) is 28.2 Å². The summed E-state index contributed by atoms with van der Waals surface area (Å²) in [4.78, 5) is 28.4. The molecular formula is C22H20N2O3S. The zero-order valence-electron chi connectivity index (χ0n) is 15.1. The van der Waals surface area contributed by atoms with Gasteiger partial charge in [-0.3, -0.25) is 14.6 Å². The molecule has 1 aromatic heterocycles. The van der Waals surface area contributed by atoms with Gasteiger partial charge in [-0.25, -0.2) is 0 Å². The number of aliphatic carboxylic acids is 1. The average Bonchev–Trinajstić information content (AvgIpc) is 2.70. The number of pyridine rings is 1. The van der Waals surface area contributed by atoms with E-state index in [4.69, 9.17) is 0 Å². The van der Waals surface area contributed by atoms with Gasteiger partial charge in [-0.05, 0) is 41.5 Å². The van der Waals surface area contributed by atoms with E-state index in [2.05, 4.69) is 10.3 Å². The van der Waals surface area contributed by atoms with Crippen molar-refractivity contribution in [3.8, 4) is 0 Å². The van der Waals surface area contributed by atoms with E-state index < -0.39 is 5.97 Å². The lowest BCUT2D eigenvalue weighted by molar-refractivity contribution is -0.137. The second-order valence-electron chi connectivity index (χ2n) is 6.23. The van der Waals surface area contributed by atoms with E-state index in [0.29, 0.717) is 12.1 Å². The molecule has 6 heteroatoms. The van der Waals surface area contributed by atoms with Gasteiger partial charge < -0.3 is 10.4 Å². The monoisotopic (exact) mass is 392 g/mol. The van der Waals surface area contributed by atoms with Gasteiger partial charge in [-0.2, -0.15) is 0 Å². The molecule has 142 valence electrons. The van der Waals surface area contributed by atoms with Crippen molar-refractivity contribution in [3.05, 3.63) is 90.3 Å². The van der Waals surface area contributed by atoms with Gasteiger partial charge >= 0.3 is 5.97 Å². The normalized spacial score (nSPS) is 11.6. The second kappa shape index (κ2) is 9.71. The Morgan fingerprint density at radius 1 is 1.00 bits per heavy atom. The molecule has 2 aromatic carbocycles. The first kappa shape index (κ1) is 19.6. The molecule has 28 heavy (non-hydrogen) atoms. The molecule has 2 N–H and O–H groups in total. The summed E-state index contributed by atoms with van der Waals surface area (Å²) in [5, 5.41) is 11.9. The predicted octanol–water partition coefficient (Wildman–Crippen LogP) is 4.57. The highest BCUT2D eigenvalue weighted by molar-refractivity contribution is 7.99. The zero-order chi connectivity index (χ0) is 19.8. The Bertz CT molecular complexity index is 916. The van der Waals surface area contributed by atoms with Gasteiger partial charge in [0.15, 0.2) is 0 Å². The molecule has 1 amide bonds. The smallest absolute Gasteiger partial charge is 0.304 e. The minimum atomic E-state index is -0.855. The molecule has 0 aliphatic carbocycles. The van der Waals surface area contributed by atoms with Gasteiger partial charge in [-0.15, -0.1) is 11.8 Å². The number of hydrogen-bond donors (Lipinski definition) is 2. The van der Waals surface area contributed by atoms with Crippen LogP contribution in [0.1, 0.15) is 22.8 Å². The number of anilines is 1. The van der Waals surface area contributed by atoms with Crippen LogP contribution in [0.5, 0.6) is 0 Å². The highest BCUT2D eigenvalue weighted by atomic mass is 32.2. The minimum absolute atomic E-state index is 0.00588. The number of carbonyl (C=O) groups is 2. The summed E-state index contributed by atoms with van der Waals surface area (Å²) < 4.78 is 0. The van der Waals surface area contributed by atoms with E-state index >= 15 is 0 Å². The topological polar surface area (TPSA) is 79.3 Å². The van der Waals surface area contributed by atoms with Gasteiger partial charge in [0.05, 0.1) is 12.8 Å². The summed E-state index contributed by atoms with van der Waals surface area (Å²) in [6.07, 6.45) is 3.68. The maximum atomic E-state index is 12.2. The molecule has 3 rings (SSSR count). The molecule has 0 spiro atoms. The molecule has 0 fully saturated rings. The van der Waals surface area contributed by atoms with Crippen molar-refractivity contribution in [3.63, 3.8) is 0 Å². The van der Waals surface area contributed by atoms with Gasteiger partial charge in [0.2, 0.25) is 5.91 Å². The Morgan fingerprint density at radius 2 is 1.75 bits per heavy atom. The lowest BCUT2D eigenvalue weighted by atomic mass is 10.1. The second-order valence-corrected chi connectivity index (χ2v) is 7.50. The molecule has 1 atom stereocenters. The summed E-state index contributed by atoms with van der Waals surface area (Å²) in [7, 11) is 0. The number of hydrogen-bond acceptors (Lipinski definition) is 4. The molecule has 1 heterocycles. The lowest BCUT2D eigenvalue weighted by Gasteiger charge is -2.15. The third kappa shape index (κ3) is 5.96. The molecule has 0 saturated carbocycles. The largest absolute Gasteiger partial charge is 0.481 e. The Balaban J connectivity index is 1.62. The van der Waals surface area contributed by atoms with Gasteiger partial charge in [0.25, 0.3) is 0 Å². The van der Waals surface area contributed by atoms with Crippen molar-refractivity contribution in [2.75, 3.05) is 5.32 Å². The Hall–Kier alpha value is -3.12. The summed E-state index contributed by atoms with van der Waals surface area (Å²) >= 11 is 1.47. The van der Waals surface area contributed by atoms with Crippen molar-refractivity contribution in [1.82, 2.24) is 4.98 Å². The molecule has 0 aliphatic heterocycles. The fourth-order valence-electron chi connectivity index (χ4n) is 2.72. The van der Waals surface area contributed by atoms with E-state index in [0.717, 1.165) is 16.0 Å². The van der Waals surface area contributed by atoms with E-state index in [-0.39, 0.29) is 17.6 Å². The predicted molar refractivity (Wildman–Crippen MR) is 110 cm³/mol. The van der Waals surface area contributed by atoms with Crippen LogP contribution in [-0.2, 0) is 16.0 Å². The number of benzene rings is 2. The van der Waals surface area contributed by atoms with Crippen molar-refractivity contribution in [1.29, 1.82) is 0 Å². The van der Waals surface area contributed by atoms with Crippen LogP contribution in [0.15, 0.2) is 84.0 Å². The van der Waals surface area contributed by atoms with Crippen LogP contribution < -0.4 is 5.32 Å². The molecule has 0 bridgehead atoms. The van der Waals surface area contributed by atoms with Crippen LogP contribution in [0.25, 0.3) is 0 Å². The molecule has 3 aromatic rings. The van der Waals surface area contributed by atoms with Crippen LogP contribution >= 0.6 is 11.8 Å². The van der Waals surface area contributed by atoms with Gasteiger partial charge in [-0.1, -0.05) is 36.4 Å². The number of amides is 1. The van der Waals surface area contributed by atoms with E-state index in [1.807, 2.05) is 60.7 Å². The maximum Gasteiger partial charge on any atom is 0.304 e. The summed E-state index contributed by atoms with van der Waals surface area (Å²) in [6.45, 7) is 0. The van der Waals surface area contributed by atoms with Crippen LogP contribution in [0, 0.1) is 0 Å². The molecule has 5 nitrogen and oxygen atoms in total. The Labute approximate surface area is 167 Å². The molecule has 0 aliphatic rings. The Morgan fingerprint density at radius 3 is 2.39 bits per heavy atom. The highest BCUT2D eigenvalue weighted by Crippen LogP contribution is 2.37. The van der Waals surface area contributed by atoms with Crippen molar-refractivity contribution in [2.45, 2.75) is 23.0 Å². The third-order valence-corrected chi connectivity index (χ3v) is 5.31. The van der Waals surface area contributed by atoms with E-state index in [9.17, 15) is 14.7 Å². The quantitative estimate of drug-likeness (QED) is 0.549. The third-order valence-electron chi connectivity index (χ3n) is 4.04. The summed E-state index contributed by atoms with van der Waals surface area (Å²) in [5.74, 6) is -0.933. The SMILES string of the molecule is O=C(O)CC(Sc1ccc(NC(=O)Cc2ccccc2)cc1)c1cccnc1. The molecule has 0 saturated heterocycles. The number of carboxylic acids is 1. The van der Waals surface area contributed by atoms with Crippen LogP contribution in [0.4, 0.5) is 5.69 Å². The highest BCUT2D eigenvalue weighted by Gasteiger charge is 2.17. The first-order chi connectivity index (χ1) is 13.6. The lowest BCUT2D eigenvalue weighted by Crippen LogP contribution is -2.14. The van der Waals surface area contributed by atoms with Crippen molar-refractivity contribution < 1.29 is 14.7 Å². The van der Waals surface area contributed by atoms with Crippen LogP contribution in [0.2, 0.25) is 0 Å². The molecule has 1 unspecified atom stereocenters. The number of carboxylic acid groups (broad SMARTS) is 1. The average molecular weight is 392 g/mol. The van der Waals surface area contributed by atoms with Crippen molar-refractivity contribution in [2.24, 2.45) is 0 Å². The van der Waals surface area contributed by atoms with Crippen LogP contribution in [0.3, 0.4) is 0 Å². The van der Waals surface area contributed by atoms with Crippen molar-refractivity contribution >= 4 is 29.3 Å². The van der Waals surface area contributed by atoms with E-state index in [1.54, 1.807) is 18.5 Å². The maximum absolute atomic E-state index is 12.2.